The molecule has 0 spiro atoms. The zero-order valence-electron chi connectivity index (χ0n) is 15.9. The van der Waals surface area contributed by atoms with Crippen molar-refractivity contribution in [3.8, 4) is 0 Å². The van der Waals surface area contributed by atoms with E-state index in [1.165, 1.54) is 4.90 Å². The number of aryl methyl sites for hydroxylation is 1. The van der Waals surface area contributed by atoms with Gasteiger partial charge in [0.25, 0.3) is 0 Å². The third-order valence-corrected chi connectivity index (χ3v) is 4.65. The summed E-state index contributed by atoms with van der Waals surface area (Å²) in [4.78, 5) is 14.0. The number of rotatable bonds is 3. The summed E-state index contributed by atoms with van der Waals surface area (Å²) in [6.45, 7) is 7.71. The van der Waals surface area contributed by atoms with Crippen molar-refractivity contribution in [2.75, 3.05) is 6.54 Å². The zero-order valence-corrected chi connectivity index (χ0v) is 16.7. The normalized spacial score (nSPS) is 20.1. The van der Waals surface area contributed by atoms with Crippen molar-refractivity contribution in [2.45, 2.75) is 58.5 Å². The molecule has 1 saturated heterocycles. The second-order valence-electron chi connectivity index (χ2n) is 7.80. The molecule has 0 N–H and O–H groups in total. The Morgan fingerprint density at radius 2 is 1.96 bits per heavy atom. The summed E-state index contributed by atoms with van der Waals surface area (Å²) in [6, 6.07) is 6.96. The van der Waals surface area contributed by atoms with Gasteiger partial charge < -0.3 is 9.30 Å². The van der Waals surface area contributed by atoms with Gasteiger partial charge in [-0.15, -0.1) is 10.2 Å². The number of aromatic nitrogens is 3. The number of carbonyl (C=O) groups excluding carboxylic acids is 1. The van der Waals surface area contributed by atoms with Crippen LogP contribution in [0.1, 0.15) is 50.4 Å². The van der Waals surface area contributed by atoms with Crippen LogP contribution < -0.4 is 0 Å². The molecule has 0 aliphatic carbocycles. The Bertz CT molecular complexity index is 816. The molecule has 146 valence electrons. The van der Waals surface area contributed by atoms with Crippen LogP contribution in [0, 0.1) is 6.92 Å². The van der Waals surface area contributed by atoms with Crippen molar-refractivity contribution in [2.24, 2.45) is 0 Å². The minimum Gasteiger partial charge on any atom is -0.444 e. The maximum absolute atomic E-state index is 14.2. The van der Waals surface area contributed by atoms with Gasteiger partial charge in [-0.2, -0.15) is 0 Å². The molecule has 27 heavy (non-hydrogen) atoms. The van der Waals surface area contributed by atoms with Gasteiger partial charge in [-0.1, -0.05) is 23.7 Å². The van der Waals surface area contributed by atoms with Crippen LogP contribution in [0.25, 0.3) is 0 Å². The van der Waals surface area contributed by atoms with Crippen molar-refractivity contribution in [1.29, 1.82) is 0 Å². The first kappa shape index (κ1) is 19.6. The van der Waals surface area contributed by atoms with E-state index in [0.717, 1.165) is 5.56 Å². The lowest BCUT2D eigenvalue weighted by molar-refractivity contribution is 0.0208. The molecule has 1 amide bonds. The van der Waals surface area contributed by atoms with Gasteiger partial charge in [0.1, 0.15) is 17.6 Å². The number of likely N-dealkylation sites (tertiary alicyclic amines) is 1. The smallest absolute Gasteiger partial charge is 0.411 e. The second-order valence-corrected chi connectivity index (χ2v) is 8.24. The van der Waals surface area contributed by atoms with Crippen LogP contribution in [-0.4, -0.2) is 44.1 Å². The highest BCUT2D eigenvalue weighted by atomic mass is 35.5. The first-order chi connectivity index (χ1) is 12.6. The topological polar surface area (TPSA) is 60.3 Å². The highest BCUT2D eigenvalue weighted by molar-refractivity contribution is 6.30. The van der Waals surface area contributed by atoms with Crippen LogP contribution in [0.4, 0.5) is 9.18 Å². The van der Waals surface area contributed by atoms with E-state index in [2.05, 4.69) is 10.2 Å². The first-order valence-electron chi connectivity index (χ1n) is 8.92. The van der Waals surface area contributed by atoms with Gasteiger partial charge in [0, 0.05) is 11.4 Å². The molecular formula is C19H24ClFN4O2. The Morgan fingerprint density at radius 1 is 1.30 bits per heavy atom. The fourth-order valence-corrected chi connectivity index (χ4v) is 3.29. The third kappa shape index (κ3) is 4.58. The van der Waals surface area contributed by atoms with E-state index < -0.39 is 23.9 Å². The summed E-state index contributed by atoms with van der Waals surface area (Å²) >= 11 is 5.95. The van der Waals surface area contributed by atoms with Gasteiger partial charge >= 0.3 is 6.09 Å². The lowest BCUT2D eigenvalue weighted by atomic mass is 10.1. The lowest BCUT2D eigenvalue weighted by Gasteiger charge is -2.28. The molecule has 8 heteroatoms. The predicted molar refractivity (Wildman–Crippen MR) is 101 cm³/mol. The van der Waals surface area contributed by atoms with Crippen LogP contribution in [0.3, 0.4) is 0 Å². The SMILES string of the molecule is Cc1nnc([C@H]2CC(F)CN2C(=O)OC(C)(C)C)n1Cc1ccc(Cl)cc1. The summed E-state index contributed by atoms with van der Waals surface area (Å²) in [5, 5.41) is 9.06. The molecule has 2 heterocycles. The van der Waals surface area contributed by atoms with Gasteiger partial charge in [0.05, 0.1) is 19.1 Å². The summed E-state index contributed by atoms with van der Waals surface area (Å²) < 4.78 is 21.5. The lowest BCUT2D eigenvalue weighted by Crippen LogP contribution is -2.37. The van der Waals surface area contributed by atoms with E-state index in [1.54, 1.807) is 20.8 Å². The molecular weight excluding hydrogens is 371 g/mol. The molecule has 2 atom stereocenters. The van der Waals surface area contributed by atoms with Crippen LogP contribution in [-0.2, 0) is 11.3 Å². The predicted octanol–water partition coefficient (Wildman–Crippen LogP) is 4.31. The fourth-order valence-electron chi connectivity index (χ4n) is 3.16. The largest absolute Gasteiger partial charge is 0.444 e. The summed E-state index contributed by atoms with van der Waals surface area (Å²) in [6.07, 6.45) is -1.48. The molecule has 0 saturated carbocycles. The van der Waals surface area contributed by atoms with E-state index in [9.17, 15) is 9.18 Å². The highest BCUT2D eigenvalue weighted by Gasteiger charge is 2.41. The van der Waals surface area contributed by atoms with Gasteiger partial charge in [0.2, 0.25) is 0 Å². The monoisotopic (exact) mass is 394 g/mol. The van der Waals surface area contributed by atoms with E-state index in [0.29, 0.717) is 23.2 Å². The van der Waals surface area contributed by atoms with Gasteiger partial charge in [0.15, 0.2) is 5.82 Å². The Labute approximate surface area is 163 Å². The van der Waals surface area contributed by atoms with E-state index in [4.69, 9.17) is 16.3 Å². The number of hydrogen-bond donors (Lipinski definition) is 0. The molecule has 1 fully saturated rings. The maximum atomic E-state index is 14.2. The number of alkyl halides is 1. The number of ether oxygens (including phenoxy) is 1. The van der Waals surface area contributed by atoms with E-state index in [-0.39, 0.29) is 13.0 Å². The van der Waals surface area contributed by atoms with Gasteiger partial charge in [-0.3, -0.25) is 4.90 Å². The van der Waals surface area contributed by atoms with Crippen LogP contribution in [0.5, 0.6) is 0 Å². The number of benzene rings is 1. The number of amides is 1. The van der Waals surface area contributed by atoms with Crippen molar-refractivity contribution in [3.63, 3.8) is 0 Å². The first-order valence-corrected chi connectivity index (χ1v) is 9.29. The average Bonchev–Trinajstić information content (AvgIpc) is 3.11. The molecule has 6 nitrogen and oxygen atoms in total. The molecule has 1 aromatic carbocycles. The Morgan fingerprint density at radius 3 is 2.59 bits per heavy atom. The molecule has 1 aliphatic heterocycles. The molecule has 1 unspecified atom stereocenters. The van der Waals surface area contributed by atoms with Crippen LogP contribution >= 0.6 is 11.6 Å². The molecule has 2 aromatic rings. The second kappa shape index (κ2) is 7.46. The van der Waals surface area contributed by atoms with Crippen molar-refractivity contribution in [3.05, 3.63) is 46.5 Å². The minimum absolute atomic E-state index is 0.00751. The van der Waals surface area contributed by atoms with Gasteiger partial charge in [-0.25, -0.2) is 9.18 Å². The number of carbonyl (C=O) groups is 1. The Kier molecular flexibility index (Phi) is 5.42. The third-order valence-electron chi connectivity index (χ3n) is 4.39. The Balaban J connectivity index is 1.88. The summed E-state index contributed by atoms with van der Waals surface area (Å²) in [7, 11) is 0. The number of hydrogen-bond acceptors (Lipinski definition) is 4. The number of nitrogens with zero attached hydrogens (tertiary/aromatic N) is 4. The fraction of sp³-hybridized carbons (Fsp3) is 0.526. The molecule has 0 bridgehead atoms. The highest BCUT2D eigenvalue weighted by Crippen LogP contribution is 2.34. The van der Waals surface area contributed by atoms with Crippen molar-refractivity contribution in [1.82, 2.24) is 19.7 Å². The summed E-state index contributed by atoms with van der Waals surface area (Å²) in [5.41, 5.74) is 0.366. The molecule has 1 aromatic heterocycles. The van der Waals surface area contributed by atoms with Crippen LogP contribution in [0.2, 0.25) is 5.02 Å². The molecule has 3 rings (SSSR count). The van der Waals surface area contributed by atoms with Crippen molar-refractivity contribution < 1.29 is 13.9 Å². The minimum atomic E-state index is -1.12. The van der Waals surface area contributed by atoms with Gasteiger partial charge in [-0.05, 0) is 45.4 Å². The maximum Gasteiger partial charge on any atom is 0.411 e. The van der Waals surface area contributed by atoms with Crippen LogP contribution in [0.15, 0.2) is 24.3 Å². The van der Waals surface area contributed by atoms with E-state index >= 15 is 0 Å². The Hall–Kier alpha value is -2.15. The van der Waals surface area contributed by atoms with E-state index in [1.807, 2.05) is 35.8 Å². The standard InChI is InChI=1S/C19H24ClFN4O2/c1-12-22-23-17(24(12)10-13-5-7-14(20)8-6-13)16-9-15(21)11-25(16)18(26)27-19(2,3)4/h5-8,15-16H,9-11H2,1-4H3/t15?,16-/m1/s1. The van der Waals surface area contributed by atoms with Crippen molar-refractivity contribution >= 4 is 17.7 Å². The number of halogens is 2. The quantitative estimate of drug-likeness (QED) is 0.778. The average molecular weight is 395 g/mol. The molecule has 1 aliphatic rings. The molecule has 0 radical (unpaired) electrons. The zero-order chi connectivity index (χ0) is 19.8. The summed E-state index contributed by atoms with van der Waals surface area (Å²) in [5.74, 6) is 1.26.